The third kappa shape index (κ3) is 1.94. The first kappa shape index (κ1) is 13.5. The number of carbonyl (C=O) groups is 3. The van der Waals surface area contributed by atoms with Gasteiger partial charge in [-0.25, -0.2) is 4.98 Å². The van der Waals surface area contributed by atoms with Crippen molar-refractivity contribution in [3.63, 3.8) is 0 Å². The molecule has 1 fully saturated rings. The van der Waals surface area contributed by atoms with Gasteiger partial charge in [-0.1, -0.05) is 6.92 Å². The van der Waals surface area contributed by atoms with Gasteiger partial charge in [0.2, 0.25) is 5.78 Å². The molecular weight excluding hydrogens is 270 g/mol. The van der Waals surface area contributed by atoms with Crippen molar-refractivity contribution in [3.05, 3.63) is 24.5 Å². The second-order valence-electron chi connectivity index (χ2n) is 5.21. The minimum absolute atomic E-state index is 0.259. The SMILES string of the molecule is CCC1C(C(C)=O)C(=O)C(=O)N1c1ccc2nc[nH]c2c1. The van der Waals surface area contributed by atoms with Crippen molar-refractivity contribution >= 4 is 34.2 Å². The molecule has 1 saturated heterocycles. The van der Waals surface area contributed by atoms with Crippen LogP contribution in [0.2, 0.25) is 0 Å². The van der Waals surface area contributed by atoms with Gasteiger partial charge >= 0.3 is 0 Å². The number of fused-ring (bicyclic) bond motifs is 1. The summed E-state index contributed by atoms with van der Waals surface area (Å²) in [4.78, 5) is 44.6. The Morgan fingerprint density at radius 3 is 2.81 bits per heavy atom. The van der Waals surface area contributed by atoms with Crippen LogP contribution in [-0.4, -0.2) is 33.5 Å². The lowest BCUT2D eigenvalue weighted by atomic mass is 9.93. The van der Waals surface area contributed by atoms with E-state index in [0.717, 1.165) is 11.0 Å². The largest absolute Gasteiger partial charge is 0.345 e. The average molecular weight is 285 g/mol. The fourth-order valence-electron chi connectivity index (χ4n) is 2.98. The molecule has 0 radical (unpaired) electrons. The van der Waals surface area contributed by atoms with E-state index in [1.165, 1.54) is 11.8 Å². The molecule has 1 aromatic heterocycles. The van der Waals surface area contributed by atoms with E-state index in [1.54, 1.807) is 24.5 Å². The summed E-state index contributed by atoms with van der Waals surface area (Å²) in [5.41, 5.74) is 2.18. The van der Waals surface area contributed by atoms with Gasteiger partial charge in [-0.3, -0.25) is 14.4 Å². The molecule has 21 heavy (non-hydrogen) atoms. The molecule has 1 aliphatic heterocycles. The van der Waals surface area contributed by atoms with E-state index in [2.05, 4.69) is 9.97 Å². The Bertz CT molecular complexity index is 749. The molecule has 6 heteroatoms. The van der Waals surface area contributed by atoms with Gasteiger partial charge in [-0.15, -0.1) is 0 Å². The number of imidazole rings is 1. The smallest absolute Gasteiger partial charge is 0.295 e. The predicted molar refractivity (Wildman–Crippen MR) is 76.8 cm³/mol. The van der Waals surface area contributed by atoms with E-state index < -0.39 is 23.7 Å². The summed E-state index contributed by atoms with van der Waals surface area (Å²) >= 11 is 0. The fraction of sp³-hybridized carbons (Fsp3) is 0.333. The number of carbonyl (C=O) groups excluding carboxylic acids is 3. The Balaban J connectivity index is 2.08. The molecule has 1 N–H and O–H groups in total. The van der Waals surface area contributed by atoms with Crippen molar-refractivity contribution in [1.82, 2.24) is 9.97 Å². The van der Waals surface area contributed by atoms with E-state index in [0.29, 0.717) is 12.1 Å². The first-order valence-corrected chi connectivity index (χ1v) is 6.85. The van der Waals surface area contributed by atoms with Crippen molar-refractivity contribution in [2.45, 2.75) is 26.3 Å². The van der Waals surface area contributed by atoms with Crippen molar-refractivity contribution < 1.29 is 14.4 Å². The topological polar surface area (TPSA) is 83.1 Å². The average Bonchev–Trinajstić information content (AvgIpc) is 3.01. The fourth-order valence-corrected chi connectivity index (χ4v) is 2.98. The first-order valence-electron chi connectivity index (χ1n) is 6.85. The molecule has 108 valence electrons. The molecule has 6 nitrogen and oxygen atoms in total. The number of ketones is 2. The Kier molecular flexibility index (Phi) is 3.08. The molecule has 2 heterocycles. The Morgan fingerprint density at radius 2 is 2.14 bits per heavy atom. The predicted octanol–water partition coefficient (Wildman–Crippen LogP) is 1.46. The van der Waals surface area contributed by atoms with Crippen LogP contribution in [0.1, 0.15) is 20.3 Å². The summed E-state index contributed by atoms with van der Waals surface area (Å²) in [7, 11) is 0. The van der Waals surface area contributed by atoms with Crippen molar-refractivity contribution in [1.29, 1.82) is 0 Å². The molecule has 2 unspecified atom stereocenters. The van der Waals surface area contributed by atoms with E-state index in [4.69, 9.17) is 0 Å². The lowest BCUT2D eigenvalue weighted by Gasteiger charge is -2.25. The molecular formula is C15H15N3O3. The highest BCUT2D eigenvalue weighted by Gasteiger charge is 2.49. The van der Waals surface area contributed by atoms with Crippen molar-refractivity contribution in [2.24, 2.45) is 5.92 Å². The van der Waals surface area contributed by atoms with E-state index in [-0.39, 0.29) is 5.78 Å². The number of hydrogen-bond acceptors (Lipinski definition) is 4. The molecule has 0 saturated carbocycles. The van der Waals surface area contributed by atoms with Crippen molar-refractivity contribution in [3.8, 4) is 0 Å². The van der Waals surface area contributed by atoms with Crippen LogP contribution in [-0.2, 0) is 14.4 Å². The second-order valence-corrected chi connectivity index (χ2v) is 5.21. The highest BCUT2D eigenvalue weighted by atomic mass is 16.2. The van der Waals surface area contributed by atoms with Gasteiger partial charge in [-0.05, 0) is 31.5 Å². The number of aromatic nitrogens is 2. The van der Waals surface area contributed by atoms with E-state index in [9.17, 15) is 14.4 Å². The molecule has 2 atom stereocenters. The van der Waals surface area contributed by atoms with Crippen LogP contribution in [0.4, 0.5) is 5.69 Å². The number of benzene rings is 1. The summed E-state index contributed by atoms with van der Waals surface area (Å²) in [5.74, 6) is -2.34. The van der Waals surface area contributed by atoms with E-state index in [1.807, 2.05) is 6.92 Å². The van der Waals surface area contributed by atoms with Crippen molar-refractivity contribution in [2.75, 3.05) is 4.90 Å². The van der Waals surface area contributed by atoms with Gasteiger partial charge in [0.15, 0.2) is 0 Å². The third-order valence-corrected chi connectivity index (χ3v) is 3.97. The lowest BCUT2D eigenvalue weighted by molar-refractivity contribution is -0.138. The van der Waals surface area contributed by atoms with Crippen LogP contribution in [0.5, 0.6) is 0 Å². The first-order chi connectivity index (χ1) is 10.0. The zero-order valence-electron chi connectivity index (χ0n) is 11.8. The quantitative estimate of drug-likeness (QED) is 0.683. The minimum Gasteiger partial charge on any atom is -0.345 e. The highest BCUT2D eigenvalue weighted by Crippen LogP contribution is 2.32. The summed E-state index contributed by atoms with van der Waals surface area (Å²) in [5, 5.41) is 0. The number of nitrogens with one attached hydrogen (secondary N) is 1. The van der Waals surface area contributed by atoms with Gasteiger partial charge in [0, 0.05) is 5.69 Å². The molecule has 1 amide bonds. The summed E-state index contributed by atoms with van der Waals surface area (Å²) in [6.07, 6.45) is 2.11. The van der Waals surface area contributed by atoms with Crippen LogP contribution in [0.3, 0.4) is 0 Å². The monoisotopic (exact) mass is 285 g/mol. The third-order valence-electron chi connectivity index (χ3n) is 3.97. The second kappa shape index (κ2) is 4.80. The molecule has 0 aliphatic carbocycles. The number of amides is 1. The van der Waals surface area contributed by atoms with Crippen LogP contribution < -0.4 is 4.90 Å². The van der Waals surface area contributed by atoms with E-state index >= 15 is 0 Å². The van der Waals surface area contributed by atoms with Gasteiger partial charge in [0.05, 0.1) is 23.4 Å². The maximum Gasteiger partial charge on any atom is 0.295 e. The summed E-state index contributed by atoms with van der Waals surface area (Å²) in [6.45, 7) is 3.23. The minimum atomic E-state index is -0.861. The van der Waals surface area contributed by atoms with Gasteiger partial charge < -0.3 is 9.88 Å². The summed E-state index contributed by atoms with van der Waals surface area (Å²) < 4.78 is 0. The normalized spacial score (nSPS) is 22.3. The van der Waals surface area contributed by atoms with Gasteiger partial charge in [-0.2, -0.15) is 0 Å². The molecule has 1 aromatic carbocycles. The molecule has 3 rings (SSSR count). The maximum atomic E-state index is 12.3. The zero-order valence-corrected chi connectivity index (χ0v) is 11.8. The number of rotatable bonds is 3. The number of anilines is 1. The Morgan fingerprint density at radius 1 is 1.38 bits per heavy atom. The number of nitrogens with zero attached hydrogens (tertiary/aromatic N) is 2. The number of H-pyrrole nitrogens is 1. The van der Waals surface area contributed by atoms with Gasteiger partial charge in [0.1, 0.15) is 11.7 Å². The lowest BCUT2D eigenvalue weighted by Crippen LogP contribution is -2.36. The van der Waals surface area contributed by atoms with Crippen LogP contribution in [0.15, 0.2) is 24.5 Å². The molecule has 2 aromatic rings. The van der Waals surface area contributed by atoms with Gasteiger partial charge in [0.25, 0.3) is 5.91 Å². The Hall–Kier alpha value is -2.50. The molecule has 0 bridgehead atoms. The van der Waals surface area contributed by atoms with Crippen LogP contribution >= 0.6 is 0 Å². The standard InChI is InChI=1S/C15H15N3O3/c1-3-12-13(8(2)19)14(20)15(21)18(12)9-4-5-10-11(6-9)17-7-16-10/h4-7,12-13H,3H2,1-2H3,(H,16,17). The number of Topliss-reactive ketones (excluding diaryl/α,β-unsaturated/α-hetero) is 2. The highest BCUT2D eigenvalue weighted by molar-refractivity contribution is 6.48. The van der Waals surface area contributed by atoms with Crippen LogP contribution in [0.25, 0.3) is 11.0 Å². The molecule has 1 aliphatic rings. The number of hydrogen-bond donors (Lipinski definition) is 1. The zero-order chi connectivity index (χ0) is 15.1. The molecule has 0 spiro atoms. The Labute approximate surface area is 121 Å². The summed E-state index contributed by atoms with van der Waals surface area (Å²) in [6, 6.07) is 4.90. The van der Waals surface area contributed by atoms with Crippen LogP contribution in [0, 0.1) is 5.92 Å². The maximum absolute atomic E-state index is 12.3. The number of aromatic amines is 1.